The van der Waals surface area contributed by atoms with Crippen molar-refractivity contribution in [2.24, 2.45) is 0 Å². The van der Waals surface area contributed by atoms with Gasteiger partial charge in [0.1, 0.15) is 0 Å². The molecule has 1 aromatic heterocycles. The highest BCUT2D eigenvalue weighted by atomic mass is 19.4. The highest BCUT2D eigenvalue weighted by molar-refractivity contribution is 5.73. The van der Waals surface area contributed by atoms with Crippen LogP contribution in [0.1, 0.15) is 12.5 Å². The van der Waals surface area contributed by atoms with Gasteiger partial charge in [-0.05, 0) is 5.56 Å². The standard InChI is InChI=1S/C19H18F6N4O2/c1-12(30)28-6-8-29(9-7-28)16-26-10-14(11-27-16)13-2-4-15(5-3-13)17(31,18(20,21)22)19(23,24)25/h2-5,10-11,31H,6-9H2,1H3. The number of aliphatic hydroxyl groups is 1. The highest BCUT2D eigenvalue weighted by Gasteiger charge is 2.71. The van der Waals surface area contributed by atoms with E-state index < -0.39 is 23.5 Å². The van der Waals surface area contributed by atoms with Crippen LogP contribution in [0.4, 0.5) is 32.3 Å². The van der Waals surface area contributed by atoms with Gasteiger partial charge in [-0.2, -0.15) is 26.3 Å². The zero-order valence-corrected chi connectivity index (χ0v) is 16.2. The third kappa shape index (κ3) is 4.29. The lowest BCUT2D eigenvalue weighted by atomic mass is 9.91. The number of hydrogen-bond donors (Lipinski definition) is 1. The Kier molecular flexibility index (Phi) is 5.87. The Balaban J connectivity index is 1.78. The molecule has 1 aromatic carbocycles. The van der Waals surface area contributed by atoms with Gasteiger partial charge >= 0.3 is 12.4 Å². The molecule has 0 saturated carbocycles. The molecule has 0 unspecified atom stereocenters. The lowest BCUT2D eigenvalue weighted by molar-refractivity contribution is -0.376. The number of hydrogen-bond acceptors (Lipinski definition) is 5. The van der Waals surface area contributed by atoms with E-state index in [1.165, 1.54) is 19.3 Å². The monoisotopic (exact) mass is 448 g/mol. The molecule has 0 bridgehead atoms. The summed E-state index contributed by atoms with van der Waals surface area (Å²) in [6, 6.07) is 3.21. The number of aromatic nitrogens is 2. The second-order valence-corrected chi connectivity index (χ2v) is 7.05. The number of carbonyl (C=O) groups excluding carboxylic acids is 1. The third-order valence-corrected chi connectivity index (χ3v) is 5.10. The average molecular weight is 448 g/mol. The Labute approximate surface area is 173 Å². The molecule has 168 valence electrons. The third-order valence-electron chi connectivity index (χ3n) is 5.10. The number of amides is 1. The molecule has 1 fully saturated rings. The summed E-state index contributed by atoms with van der Waals surface area (Å²) in [7, 11) is 0. The van der Waals surface area contributed by atoms with Crippen molar-refractivity contribution in [3.63, 3.8) is 0 Å². The second kappa shape index (κ2) is 7.98. The summed E-state index contributed by atoms with van der Waals surface area (Å²) >= 11 is 0. The van der Waals surface area contributed by atoms with Gasteiger partial charge in [0, 0.05) is 56.6 Å². The molecule has 2 aromatic rings. The molecule has 3 rings (SSSR count). The summed E-state index contributed by atoms with van der Waals surface area (Å²) in [5.41, 5.74) is -5.65. The number of benzene rings is 1. The first kappa shape index (κ1) is 22.8. The maximum Gasteiger partial charge on any atom is 0.430 e. The molecule has 0 spiro atoms. The summed E-state index contributed by atoms with van der Waals surface area (Å²) < 4.78 is 77.9. The average Bonchev–Trinajstić information content (AvgIpc) is 2.72. The first-order valence-corrected chi connectivity index (χ1v) is 9.14. The molecule has 1 amide bonds. The Hall–Kier alpha value is -2.89. The molecule has 0 atom stereocenters. The first-order chi connectivity index (χ1) is 14.3. The summed E-state index contributed by atoms with van der Waals surface area (Å²) in [5.74, 6) is 0.370. The minimum absolute atomic E-state index is 0.0256. The van der Waals surface area contributed by atoms with Gasteiger partial charge in [0.2, 0.25) is 11.9 Å². The summed E-state index contributed by atoms with van der Waals surface area (Å²) in [6.45, 7) is 3.57. The molecule has 1 aliphatic heterocycles. The maximum atomic E-state index is 13.0. The quantitative estimate of drug-likeness (QED) is 0.731. The fraction of sp³-hybridized carbons (Fsp3) is 0.421. The minimum atomic E-state index is -5.94. The van der Waals surface area contributed by atoms with Crippen molar-refractivity contribution in [2.45, 2.75) is 24.9 Å². The smallest absolute Gasteiger partial charge is 0.369 e. The van der Waals surface area contributed by atoms with Crippen molar-refractivity contribution >= 4 is 11.9 Å². The Morgan fingerprint density at radius 3 is 1.77 bits per heavy atom. The molecule has 6 nitrogen and oxygen atoms in total. The van der Waals surface area contributed by atoms with Gasteiger partial charge in [0.25, 0.3) is 5.60 Å². The number of alkyl halides is 6. The molecule has 1 aliphatic rings. The van der Waals surface area contributed by atoms with Crippen LogP contribution in [0.2, 0.25) is 0 Å². The van der Waals surface area contributed by atoms with E-state index in [4.69, 9.17) is 0 Å². The minimum Gasteiger partial charge on any atom is -0.369 e. The molecule has 0 radical (unpaired) electrons. The van der Waals surface area contributed by atoms with Gasteiger partial charge in [-0.3, -0.25) is 4.79 Å². The summed E-state index contributed by atoms with van der Waals surface area (Å²) in [6.07, 6.45) is -9.09. The normalized spacial score (nSPS) is 15.9. The molecule has 31 heavy (non-hydrogen) atoms. The zero-order valence-electron chi connectivity index (χ0n) is 16.2. The van der Waals surface area contributed by atoms with Crippen molar-refractivity contribution < 1.29 is 36.2 Å². The van der Waals surface area contributed by atoms with Gasteiger partial charge < -0.3 is 14.9 Å². The van der Waals surface area contributed by atoms with E-state index in [1.54, 1.807) is 4.90 Å². The number of anilines is 1. The van der Waals surface area contributed by atoms with E-state index in [2.05, 4.69) is 9.97 Å². The topological polar surface area (TPSA) is 69.6 Å². The van der Waals surface area contributed by atoms with E-state index in [0.29, 0.717) is 49.8 Å². The highest BCUT2D eigenvalue weighted by Crippen LogP contribution is 2.50. The van der Waals surface area contributed by atoms with Crippen LogP contribution < -0.4 is 4.90 Å². The van der Waals surface area contributed by atoms with Gasteiger partial charge in [-0.1, -0.05) is 24.3 Å². The van der Waals surface area contributed by atoms with Gasteiger partial charge in [0.05, 0.1) is 0 Å². The predicted octanol–water partition coefficient (Wildman–Crippen LogP) is 3.12. The first-order valence-electron chi connectivity index (χ1n) is 9.14. The molecule has 1 saturated heterocycles. The van der Waals surface area contributed by atoms with Crippen molar-refractivity contribution in [1.29, 1.82) is 0 Å². The predicted molar refractivity (Wildman–Crippen MR) is 97.9 cm³/mol. The zero-order chi connectivity index (χ0) is 23.0. The molecule has 2 heterocycles. The van der Waals surface area contributed by atoms with Crippen molar-refractivity contribution in [2.75, 3.05) is 31.1 Å². The van der Waals surface area contributed by atoms with Crippen molar-refractivity contribution in [1.82, 2.24) is 14.9 Å². The number of rotatable bonds is 3. The van der Waals surface area contributed by atoms with E-state index in [-0.39, 0.29) is 11.5 Å². The summed E-state index contributed by atoms with van der Waals surface area (Å²) in [5, 5.41) is 9.45. The van der Waals surface area contributed by atoms with Crippen molar-refractivity contribution in [3.05, 3.63) is 42.2 Å². The van der Waals surface area contributed by atoms with Crippen LogP contribution in [0.25, 0.3) is 11.1 Å². The van der Waals surface area contributed by atoms with Crippen LogP contribution >= 0.6 is 0 Å². The fourth-order valence-corrected chi connectivity index (χ4v) is 3.25. The van der Waals surface area contributed by atoms with Crippen LogP contribution in [-0.4, -0.2) is 64.4 Å². The summed E-state index contributed by atoms with van der Waals surface area (Å²) in [4.78, 5) is 23.3. The molecule has 1 N–H and O–H groups in total. The molecule has 0 aliphatic carbocycles. The van der Waals surface area contributed by atoms with Gasteiger partial charge in [-0.25, -0.2) is 9.97 Å². The van der Waals surface area contributed by atoms with E-state index in [9.17, 15) is 36.2 Å². The molecule has 12 heteroatoms. The number of carbonyl (C=O) groups is 1. The second-order valence-electron chi connectivity index (χ2n) is 7.05. The van der Waals surface area contributed by atoms with Crippen LogP contribution in [0, 0.1) is 0 Å². The van der Waals surface area contributed by atoms with E-state index in [1.807, 2.05) is 4.90 Å². The largest absolute Gasteiger partial charge is 0.430 e. The Bertz CT molecular complexity index is 906. The van der Waals surface area contributed by atoms with Crippen LogP contribution in [0.5, 0.6) is 0 Å². The maximum absolute atomic E-state index is 13.0. The van der Waals surface area contributed by atoms with Gasteiger partial charge in [0.15, 0.2) is 0 Å². The van der Waals surface area contributed by atoms with Crippen molar-refractivity contribution in [3.8, 4) is 11.1 Å². The van der Waals surface area contributed by atoms with E-state index in [0.717, 1.165) is 12.1 Å². The number of nitrogens with zero attached hydrogens (tertiary/aromatic N) is 4. The number of halogens is 6. The van der Waals surface area contributed by atoms with Crippen LogP contribution in [0.3, 0.4) is 0 Å². The van der Waals surface area contributed by atoms with Gasteiger partial charge in [-0.15, -0.1) is 0 Å². The molecular weight excluding hydrogens is 430 g/mol. The van der Waals surface area contributed by atoms with E-state index >= 15 is 0 Å². The number of piperazine rings is 1. The van der Waals surface area contributed by atoms with Crippen LogP contribution in [-0.2, 0) is 10.4 Å². The fourth-order valence-electron chi connectivity index (χ4n) is 3.25. The SMILES string of the molecule is CC(=O)N1CCN(c2ncc(-c3ccc(C(O)(C(F)(F)F)C(F)(F)F)cc3)cn2)CC1. The Morgan fingerprint density at radius 2 is 1.35 bits per heavy atom. The Morgan fingerprint density at radius 1 is 0.871 bits per heavy atom. The lowest BCUT2D eigenvalue weighted by Crippen LogP contribution is -2.53. The van der Waals surface area contributed by atoms with Crippen LogP contribution in [0.15, 0.2) is 36.7 Å². The molecular formula is C19H18F6N4O2. The lowest BCUT2D eigenvalue weighted by Gasteiger charge is -2.34.